The van der Waals surface area contributed by atoms with Gasteiger partial charge in [-0.3, -0.25) is 0 Å². The fourth-order valence-electron chi connectivity index (χ4n) is 0.655. The average Bonchev–Trinajstić information content (AvgIpc) is 2.10. The van der Waals surface area contributed by atoms with Crippen molar-refractivity contribution in [2.24, 2.45) is 5.10 Å². The first-order valence-electron chi connectivity index (χ1n) is 4.03. The van der Waals surface area contributed by atoms with Gasteiger partial charge in [-0.2, -0.15) is 5.10 Å². The molecule has 0 aromatic carbocycles. The number of hydrogen-bond donors (Lipinski definition) is 2. The van der Waals surface area contributed by atoms with Crippen LogP contribution in [0.4, 0.5) is 0 Å². The van der Waals surface area contributed by atoms with E-state index >= 15 is 0 Å². The zero-order valence-electron chi connectivity index (χ0n) is 7.89. The minimum absolute atomic E-state index is 0.193. The average molecular weight is 175 g/mol. The van der Waals surface area contributed by atoms with Crippen molar-refractivity contribution in [3.05, 3.63) is 5.21 Å². The molecule has 0 aromatic heterocycles. The van der Waals surface area contributed by atoms with Crippen molar-refractivity contribution in [1.82, 2.24) is 5.43 Å². The lowest BCUT2D eigenvalue weighted by atomic mass is 10.3. The van der Waals surface area contributed by atoms with Crippen LogP contribution in [0.3, 0.4) is 0 Å². The molecule has 0 rings (SSSR count). The first-order chi connectivity index (χ1) is 5.70. The van der Waals surface area contributed by atoms with E-state index in [0.29, 0.717) is 13.0 Å². The summed E-state index contributed by atoms with van der Waals surface area (Å²) in [6.07, 6.45) is 0.652. The van der Waals surface area contributed by atoms with Crippen LogP contribution in [-0.4, -0.2) is 25.9 Å². The molecule has 1 unspecified atom stereocenters. The van der Waals surface area contributed by atoms with Gasteiger partial charge in [0.1, 0.15) is 6.54 Å². The molecule has 12 heavy (non-hydrogen) atoms. The number of quaternary nitrogens is 1. The monoisotopic (exact) mass is 175 g/mol. The van der Waals surface area contributed by atoms with Gasteiger partial charge in [0.15, 0.2) is 0 Å². The van der Waals surface area contributed by atoms with Gasteiger partial charge in [-0.1, -0.05) is 0 Å². The molecule has 1 atom stereocenters. The van der Waals surface area contributed by atoms with Crippen LogP contribution in [0.15, 0.2) is 5.10 Å². The lowest BCUT2D eigenvalue weighted by Crippen LogP contribution is -3.05. The maximum atomic E-state index is 10.7. The van der Waals surface area contributed by atoms with E-state index in [-0.39, 0.29) is 5.23 Å². The van der Waals surface area contributed by atoms with Crippen LogP contribution in [-0.2, 0) is 4.84 Å². The third kappa shape index (κ3) is 6.09. The topological polar surface area (TPSA) is 61.1 Å². The Bertz CT molecular complexity index is 139. The van der Waals surface area contributed by atoms with Gasteiger partial charge in [-0.25, -0.2) is 10.1 Å². The number of nitrogens with one attached hydrogen (secondary N) is 2. The predicted octanol–water partition coefficient (Wildman–Crippen LogP) is -0.694. The highest BCUT2D eigenvalue weighted by atomic mass is 16.9. The van der Waals surface area contributed by atoms with E-state index in [1.54, 1.807) is 0 Å². The first-order valence-corrected chi connectivity index (χ1v) is 4.03. The van der Waals surface area contributed by atoms with Crippen molar-refractivity contribution < 1.29 is 10.1 Å². The minimum atomic E-state index is -0.193. The van der Waals surface area contributed by atoms with E-state index in [2.05, 4.69) is 15.4 Å². The van der Waals surface area contributed by atoms with Gasteiger partial charge in [0.2, 0.25) is 0 Å². The molecule has 5 nitrogen and oxygen atoms in total. The van der Waals surface area contributed by atoms with Gasteiger partial charge < -0.3 is 10.6 Å². The van der Waals surface area contributed by atoms with Crippen LogP contribution in [0.1, 0.15) is 20.3 Å². The van der Waals surface area contributed by atoms with Crippen molar-refractivity contribution >= 4 is 5.71 Å². The van der Waals surface area contributed by atoms with E-state index in [1.807, 2.05) is 13.8 Å². The second-order valence-electron chi connectivity index (χ2n) is 2.43. The Kier molecular flexibility index (Phi) is 6.64. The summed E-state index contributed by atoms with van der Waals surface area (Å²) < 4.78 is 0. The van der Waals surface area contributed by atoms with E-state index in [9.17, 15) is 5.21 Å². The summed E-state index contributed by atoms with van der Waals surface area (Å²) in [5.74, 6) is 0. The smallest absolute Gasteiger partial charge is 0.112 e. The quantitative estimate of drug-likeness (QED) is 0.415. The first kappa shape index (κ1) is 11.4. The van der Waals surface area contributed by atoms with Crippen molar-refractivity contribution in [3.63, 3.8) is 0 Å². The Balaban J connectivity index is 3.48. The number of hydrazone groups is 1. The number of nitrogens with zero attached hydrogens (tertiary/aromatic N) is 1. The van der Waals surface area contributed by atoms with Crippen molar-refractivity contribution in [2.45, 2.75) is 20.3 Å². The van der Waals surface area contributed by atoms with Gasteiger partial charge in [-0.15, -0.1) is 0 Å². The fourth-order valence-corrected chi connectivity index (χ4v) is 0.655. The normalized spacial score (nSPS) is 14.5. The van der Waals surface area contributed by atoms with Crippen molar-refractivity contribution in [2.75, 3.05) is 20.2 Å². The summed E-state index contributed by atoms with van der Waals surface area (Å²) >= 11 is 0. The Hall–Kier alpha value is -0.650. The fraction of sp³-hybridized carbons (Fsp3) is 0.857. The maximum absolute atomic E-state index is 10.7. The van der Waals surface area contributed by atoms with Crippen LogP contribution in [0.5, 0.6) is 0 Å². The van der Waals surface area contributed by atoms with Crippen molar-refractivity contribution in [1.29, 1.82) is 0 Å². The molecule has 0 aliphatic heterocycles. The molecule has 2 N–H and O–H groups in total. The maximum Gasteiger partial charge on any atom is 0.112 e. The van der Waals surface area contributed by atoms with E-state index in [0.717, 1.165) is 12.3 Å². The van der Waals surface area contributed by atoms with Gasteiger partial charge in [0.25, 0.3) is 0 Å². The second-order valence-corrected chi connectivity index (χ2v) is 2.43. The van der Waals surface area contributed by atoms with Gasteiger partial charge in [0.05, 0.1) is 7.11 Å². The molecule has 72 valence electrons. The third-order valence-corrected chi connectivity index (χ3v) is 1.35. The molecule has 0 spiro atoms. The minimum Gasteiger partial charge on any atom is -0.600 e. The predicted molar refractivity (Wildman–Crippen MR) is 47.6 cm³/mol. The summed E-state index contributed by atoms with van der Waals surface area (Å²) in [7, 11) is 1.39. The molecule has 5 heteroatoms. The molecule has 0 radical (unpaired) electrons. The molecule has 0 aromatic rings. The molecule has 0 fully saturated rings. The summed E-state index contributed by atoms with van der Waals surface area (Å²) in [6, 6.07) is 0. The number of hydrogen-bond acceptors (Lipinski definition) is 4. The molecule has 0 heterocycles. The van der Waals surface area contributed by atoms with E-state index in [1.165, 1.54) is 7.11 Å². The third-order valence-electron chi connectivity index (χ3n) is 1.35. The van der Waals surface area contributed by atoms with Crippen LogP contribution < -0.4 is 10.7 Å². The highest BCUT2D eigenvalue weighted by Gasteiger charge is 1.97. The molecular formula is C7H17N3O2. The molecule has 0 aliphatic carbocycles. The summed E-state index contributed by atoms with van der Waals surface area (Å²) in [6.45, 7) is 5.05. The highest BCUT2D eigenvalue weighted by molar-refractivity contribution is 5.81. The van der Waals surface area contributed by atoms with Gasteiger partial charge >= 0.3 is 0 Å². The summed E-state index contributed by atoms with van der Waals surface area (Å²) in [4.78, 5) is 4.49. The Morgan fingerprint density at radius 1 is 1.67 bits per heavy atom. The zero-order valence-corrected chi connectivity index (χ0v) is 7.89. The van der Waals surface area contributed by atoms with Crippen LogP contribution in [0.2, 0.25) is 0 Å². The molecule has 0 bridgehead atoms. The van der Waals surface area contributed by atoms with Crippen LogP contribution in [0, 0.1) is 5.21 Å². The molecular weight excluding hydrogens is 158 g/mol. The molecule has 0 amide bonds. The SMILES string of the molecule is CCN/N=C(\C)CC[NH+]([O-])OC. The standard InChI is InChI=1S/C7H17N3O2/c1-4-8-9-7(2)5-6-10(11)12-3/h8,10H,4-6H2,1-3H3/b9-7+. The highest BCUT2D eigenvalue weighted by Crippen LogP contribution is 1.80. The summed E-state index contributed by atoms with van der Waals surface area (Å²) in [5.41, 5.74) is 3.74. The lowest BCUT2D eigenvalue weighted by molar-refractivity contribution is -1.05. The van der Waals surface area contributed by atoms with Crippen LogP contribution in [0.25, 0.3) is 0 Å². The lowest BCUT2D eigenvalue weighted by Gasteiger charge is -2.16. The second kappa shape index (κ2) is 7.02. The number of hydroxylamine groups is 2. The Labute approximate surface area is 72.9 Å². The Morgan fingerprint density at radius 2 is 2.33 bits per heavy atom. The molecule has 0 saturated heterocycles. The Morgan fingerprint density at radius 3 is 2.83 bits per heavy atom. The van der Waals surface area contributed by atoms with Crippen molar-refractivity contribution in [3.8, 4) is 0 Å². The van der Waals surface area contributed by atoms with Crippen LogP contribution >= 0.6 is 0 Å². The van der Waals surface area contributed by atoms with E-state index in [4.69, 9.17) is 0 Å². The van der Waals surface area contributed by atoms with E-state index < -0.39 is 0 Å². The van der Waals surface area contributed by atoms with Gasteiger partial charge in [-0.05, 0) is 13.8 Å². The number of rotatable bonds is 6. The largest absolute Gasteiger partial charge is 0.600 e. The summed E-state index contributed by atoms with van der Waals surface area (Å²) in [5, 5.41) is 14.5. The molecule has 0 aliphatic rings. The molecule has 0 saturated carbocycles. The zero-order chi connectivity index (χ0) is 9.40. The van der Waals surface area contributed by atoms with Gasteiger partial charge in [0, 0.05) is 18.7 Å².